The normalized spacial score (nSPS) is 13.8. The monoisotopic (exact) mass is 272 g/mol. The first-order valence-corrected chi connectivity index (χ1v) is 6.50. The Hall–Kier alpha value is -2.00. The van der Waals surface area contributed by atoms with Crippen LogP contribution in [0.15, 0.2) is 53.5 Å². The van der Waals surface area contributed by atoms with Crippen molar-refractivity contribution in [2.75, 3.05) is 18.5 Å². The topological polar surface area (TPSA) is 33.6 Å². The van der Waals surface area contributed by atoms with E-state index >= 15 is 0 Å². The van der Waals surface area contributed by atoms with Gasteiger partial charge >= 0.3 is 0 Å². The highest BCUT2D eigenvalue weighted by Gasteiger charge is 2.14. The molecule has 1 heterocycles. The zero-order valence-electron chi connectivity index (χ0n) is 10.3. The molecule has 3 nitrogen and oxygen atoms in total. The van der Waals surface area contributed by atoms with E-state index in [0.717, 1.165) is 23.5 Å². The fraction of sp³-hybridized carbons (Fsp3) is 0.133. The van der Waals surface area contributed by atoms with Crippen LogP contribution < -0.4 is 5.32 Å². The molecule has 0 aromatic heterocycles. The van der Waals surface area contributed by atoms with Crippen LogP contribution in [0.25, 0.3) is 0 Å². The van der Waals surface area contributed by atoms with E-state index in [-0.39, 0.29) is 0 Å². The molecule has 0 radical (unpaired) electrons. The van der Waals surface area contributed by atoms with Gasteiger partial charge in [-0.1, -0.05) is 35.9 Å². The number of anilines is 2. The van der Waals surface area contributed by atoms with Gasteiger partial charge in [-0.15, -0.1) is 0 Å². The van der Waals surface area contributed by atoms with Gasteiger partial charge in [0.05, 0.1) is 28.5 Å². The fourth-order valence-corrected chi connectivity index (χ4v) is 2.17. The van der Waals surface area contributed by atoms with Gasteiger partial charge in [0.2, 0.25) is 5.90 Å². The van der Waals surface area contributed by atoms with E-state index in [0.29, 0.717) is 17.5 Å². The smallest absolute Gasteiger partial charge is 0.218 e. The van der Waals surface area contributed by atoms with Crippen molar-refractivity contribution in [2.24, 2.45) is 4.99 Å². The summed E-state index contributed by atoms with van der Waals surface area (Å²) in [6.07, 6.45) is 0. The summed E-state index contributed by atoms with van der Waals surface area (Å²) in [4.78, 5) is 4.35. The zero-order chi connectivity index (χ0) is 13.1. The largest absolute Gasteiger partial charge is 0.475 e. The second kappa shape index (κ2) is 5.33. The van der Waals surface area contributed by atoms with Crippen molar-refractivity contribution in [3.05, 3.63) is 59.1 Å². The Labute approximate surface area is 116 Å². The van der Waals surface area contributed by atoms with E-state index in [1.807, 2.05) is 48.5 Å². The molecule has 3 rings (SSSR count). The number of nitrogens with one attached hydrogen (secondary N) is 1. The van der Waals surface area contributed by atoms with Crippen LogP contribution in [-0.4, -0.2) is 19.0 Å². The van der Waals surface area contributed by atoms with Crippen molar-refractivity contribution in [3.63, 3.8) is 0 Å². The maximum Gasteiger partial charge on any atom is 0.218 e. The van der Waals surface area contributed by atoms with Crippen molar-refractivity contribution in [3.8, 4) is 0 Å². The molecular weight excluding hydrogens is 260 g/mol. The molecule has 1 aliphatic heterocycles. The van der Waals surface area contributed by atoms with Gasteiger partial charge in [-0.05, 0) is 24.3 Å². The molecular formula is C15H13ClN2O. The lowest BCUT2D eigenvalue weighted by Crippen LogP contribution is -2.05. The molecule has 1 N–H and O–H groups in total. The van der Waals surface area contributed by atoms with E-state index in [1.165, 1.54) is 0 Å². The van der Waals surface area contributed by atoms with Crippen molar-refractivity contribution in [1.82, 2.24) is 0 Å². The van der Waals surface area contributed by atoms with Crippen molar-refractivity contribution in [2.45, 2.75) is 0 Å². The first kappa shape index (κ1) is 12.1. The maximum atomic E-state index is 6.16. The molecule has 4 heteroatoms. The molecule has 0 atom stereocenters. The summed E-state index contributed by atoms with van der Waals surface area (Å²) < 4.78 is 5.52. The molecule has 2 aromatic carbocycles. The summed E-state index contributed by atoms with van der Waals surface area (Å²) in [6, 6.07) is 15.6. The third kappa shape index (κ3) is 2.56. The average molecular weight is 273 g/mol. The quantitative estimate of drug-likeness (QED) is 0.920. The first-order chi connectivity index (χ1) is 9.34. The molecule has 2 aromatic rings. The summed E-state index contributed by atoms with van der Waals surface area (Å²) in [7, 11) is 0. The minimum atomic E-state index is 0.649. The van der Waals surface area contributed by atoms with Crippen LogP contribution in [0.4, 0.5) is 11.4 Å². The highest BCUT2D eigenvalue weighted by Crippen LogP contribution is 2.27. The Morgan fingerprint density at radius 1 is 1.00 bits per heavy atom. The summed E-state index contributed by atoms with van der Waals surface area (Å²) in [5, 5.41) is 4.01. The molecule has 0 unspecified atom stereocenters. The molecule has 0 spiro atoms. The summed E-state index contributed by atoms with van der Waals surface area (Å²) in [5.74, 6) is 0.690. The highest BCUT2D eigenvalue weighted by molar-refractivity contribution is 6.33. The Morgan fingerprint density at radius 3 is 2.47 bits per heavy atom. The van der Waals surface area contributed by atoms with Crippen LogP contribution in [0, 0.1) is 0 Å². The zero-order valence-corrected chi connectivity index (χ0v) is 11.0. The summed E-state index contributed by atoms with van der Waals surface area (Å²) in [5.41, 5.74) is 2.77. The van der Waals surface area contributed by atoms with Crippen molar-refractivity contribution in [1.29, 1.82) is 0 Å². The molecule has 0 saturated carbocycles. The van der Waals surface area contributed by atoms with E-state index in [4.69, 9.17) is 16.3 Å². The number of aliphatic imine (C=N–C) groups is 1. The van der Waals surface area contributed by atoms with Crippen LogP contribution in [-0.2, 0) is 4.74 Å². The maximum absolute atomic E-state index is 6.16. The molecule has 96 valence electrons. The SMILES string of the molecule is Clc1ccccc1Nc1ccccc1C1=NCCO1. The number of hydrogen-bond donors (Lipinski definition) is 1. The van der Waals surface area contributed by atoms with Gasteiger partial charge in [-0.3, -0.25) is 0 Å². The first-order valence-electron chi connectivity index (χ1n) is 6.13. The van der Waals surface area contributed by atoms with E-state index in [2.05, 4.69) is 10.3 Å². The number of halogens is 1. The van der Waals surface area contributed by atoms with Crippen molar-refractivity contribution >= 4 is 28.9 Å². The summed E-state index contributed by atoms with van der Waals surface area (Å²) in [6.45, 7) is 1.37. The lowest BCUT2D eigenvalue weighted by Gasteiger charge is -2.12. The third-order valence-corrected chi connectivity index (χ3v) is 3.22. The Morgan fingerprint density at radius 2 is 1.74 bits per heavy atom. The van der Waals surface area contributed by atoms with Gasteiger partial charge in [0.15, 0.2) is 0 Å². The van der Waals surface area contributed by atoms with Crippen LogP contribution in [0.5, 0.6) is 0 Å². The Balaban J connectivity index is 1.95. The number of nitrogens with zero attached hydrogens (tertiary/aromatic N) is 1. The van der Waals surface area contributed by atoms with Crippen LogP contribution >= 0.6 is 11.6 Å². The van der Waals surface area contributed by atoms with Crippen LogP contribution in [0.2, 0.25) is 5.02 Å². The minimum absolute atomic E-state index is 0.649. The van der Waals surface area contributed by atoms with Crippen molar-refractivity contribution < 1.29 is 4.74 Å². The van der Waals surface area contributed by atoms with Crippen LogP contribution in [0.3, 0.4) is 0 Å². The van der Waals surface area contributed by atoms with Gasteiger partial charge in [0, 0.05) is 0 Å². The van der Waals surface area contributed by atoms with Gasteiger partial charge < -0.3 is 10.1 Å². The molecule has 0 aliphatic carbocycles. The van der Waals surface area contributed by atoms with Gasteiger partial charge in [-0.2, -0.15) is 0 Å². The standard InChI is InChI=1S/C15H13ClN2O/c16-12-6-2-4-8-14(12)18-13-7-3-1-5-11(13)15-17-9-10-19-15/h1-8,18H,9-10H2. The molecule has 19 heavy (non-hydrogen) atoms. The Bertz CT molecular complexity index is 625. The third-order valence-electron chi connectivity index (χ3n) is 2.89. The number of benzene rings is 2. The predicted octanol–water partition coefficient (Wildman–Crippen LogP) is 3.86. The van der Waals surface area contributed by atoms with Gasteiger partial charge in [-0.25, -0.2) is 4.99 Å². The average Bonchev–Trinajstić information content (AvgIpc) is 2.96. The van der Waals surface area contributed by atoms with Gasteiger partial charge in [0.25, 0.3) is 0 Å². The minimum Gasteiger partial charge on any atom is -0.475 e. The van der Waals surface area contributed by atoms with E-state index in [9.17, 15) is 0 Å². The number of para-hydroxylation sites is 2. The molecule has 0 fully saturated rings. The Kier molecular flexibility index (Phi) is 3.38. The number of hydrogen-bond acceptors (Lipinski definition) is 3. The predicted molar refractivity (Wildman–Crippen MR) is 78.5 cm³/mol. The second-order valence-electron chi connectivity index (χ2n) is 4.19. The van der Waals surface area contributed by atoms with E-state index in [1.54, 1.807) is 0 Å². The number of ether oxygens (including phenoxy) is 1. The fourth-order valence-electron chi connectivity index (χ4n) is 1.98. The molecule has 0 bridgehead atoms. The highest BCUT2D eigenvalue weighted by atomic mass is 35.5. The second-order valence-corrected chi connectivity index (χ2v) is 4.59. The number of rotatable bonds is 3. The van der Waals surface area contributed by atoms with Crippen LogP contribution in [0.1, 0.15) is 5.56 Å². The molecule has 0 amide bonds. The van der Waals surface area contributed by atoms with Gasteiger partial charge in [0.1, 0.15) is 6.61 Å². The molecule has 0 saturated heterocycles. The lowest BCUT2D eigenvalue weighted by atomic mass is 10.1. The lowest BCUT2D eigenvalue weighted by molar-refractivity contribution is 0.348. The van der Waals surface area contributed by atoms with E-state index < -0.39 is 0 Å². The summed E-state index contributed by atoms with van der Waals surface area (Å²) >= 11 is 6.16. The molecule has 1 aliphatic rings.